The second-order valence-electron chi connectivity index (χ2n) is 31.5. The third-order valence-corrected chi connectivity index (χ3v) is 23.6. The van der Waals surface area contributed by atoms with Gasteiger partial charge >= 0.3 is 42.1 Å². The van der Waals surface area contributed by atoms with Crippen molar-refractivity contribution in [1.29, 1.82) is 0 Å². The first kappa shape index (κ1) is 82.3. The maximum Gasteiger partial charge on any atom is 2.00 e. The molecule has 0 amide bonds. The van der Waals surface area contributed by atoms with E-state index in [1.165, 1.54) is 65.9 Å². The van der Waals surface area contributed by atoms with E-state index in [-0.39, 0.29) is 42.1 Å². The van der Waals surface area contributed by atoms with Crippen LogP contribution in [0.15, 0.2) is 449 Å². The minimum atomic E-state index is 0. The number of pyridine rings is 4. The zero-order valence-corrected chi connectivity index (χ0v) is 74.5. The van der Waals surface area contributed by atoms with Crippen LogP contribution in [0.4, 0.5) is 34.1 Å². The summed E-state index contributed by atoms with van der Waals surface area (Å²) in [7, 11) is 0. The van der Waals surface area contributed by atoms with Gasteiger partial charge in [-0.15, -0.1) is 113 Å². The van der Waals surface area contributed by atoms with E-state index in [1.54, 1.807) is 0 Å². The van der Waals surface area contributed by atoms with E-state index in [9.17, 15) is 0 Å². The number of rotatable bonds is 18. The van der Waals surface area contributed by atoms with Crippen LogP contribution in [-0.4, -0.2) is 29.1 Å². The smallest absolute Gasteiger partial charge is 0.346 e. The molecular weight excluding hydrogens is 1920 g/mol. The van der Waals surface area contributed by atoms with Crippen LogP contribution < -0.4 is 9.80 Å². The van der Waals surface area contributed by atoms with E-state index < -0.39 is 0 Å². The molecule has 0 fully saturated rings. The first-order valence-electron chi connectivity index (χ1n) is 42.5. The number of hydrogen-bond donors (Lipinski definition) is 0. The maximum absolute atomic E-state index is 4.97. The van der Waals surface area contributed by atoms with Gasteiger partial charge in [0.05, 0.1) is 22.1 Å². The number of para-hydroxylation sites is 4. The number of fused-ring (bicyclic) bond motifs is 6. The molecule has 612 valence electrons. The van der Waals surface area contributed by atoms with Crippen molar-refractivity contribution in [1.82, 2.24) is 29.1 Å². The fraction of sp³-hybridized carbons (Fsp3) is 0.0169. The van der Waals surface area contributed by atoms with E-state index in [1.807, 2.05) is 61.2 Å². The second kappa shape index (κ2) is 36.9. The van der Waals surface area contributed by atoms with Gasteiger partial charge in [0.2, 0.25) is 0 Å². The number of benzene rings is 16. The van der Waals surface area contributed by atoms with Crippen LogP contribution in [0.5, 0.6) is 0 Å². The Hall–Kier alpha value is -15.3. The first-order valence-corrected chi connectivity index (χ1v) is 42.5. The quantitative estimate of drug-likeness (QED) is 0.0798. The van der Waals surface area contributed by atoms with Gasteiger partial charge in [0.1, 0.15) is 0 Å². The Kier molecular flexibility index (Phi) is 23.7. The monoisotopic (exact) mass is 2000 g/mol. The van der Waals surface area contributed by atoms with Gasteiger partial charge < -0.3 is 38.9 Å². The van der Waals surface area contributed by atoms with Crippen molar-refractivity contribution in [2.24, 2.45) is 0 Å². The number of nitrogens with zero attached hydrogens (tertiary/aromatic N) is 8. The summed E-state index contributed by atoms with van der Waals surface area (Å²) in [6, 6.07) is 165. The van der Waals surface area contributed by atoms with Gasteiger partial charge in [-0.1, -0.05) is 279 Å². The van der Waals surface area contributed by atoms with E-state index in [2.05, 4.69) is 445 Å². The van der Waals surface area contributed by atoms with Crippen LogP contribution in [0, 0.1) is 38.1 Å². The van der Waals surface area contributed by atoms with Crippen LogP contribution in [0.25, 0.3) is 167 Å². The van der Waals surface area contributed by atoms with Crippen molar-refractivity contribution in [2.75, 3.05) is 9.80 Å². The summed E-state index contributed by atoms with van der Waals surface area (Å²) >= 11 is 0. The first-order chi connectivity index (χ1) is 62.3. The molecule has 6 aromatic heterocycles. The van der Waals surface area contributed by atoms with E-state index in [0.717, 1.165) is 146 Å². The number of anilines is 6. The largest absolute Gasteiger partial charge is 2.00 e. The molecule has 0 bridgehead atoms. The van der Waals surface area contributed by atoms with Crippen LogP contribution in [0.1, 0.15) is 11.1 Å². The molecule has 6 heterocycles. The molecule has 0 N–H and O–H groups in total. The minimum Gasteiger partial charge on any atom is -0.346 e. The van der Waals surface area contributed by atoms with Gasteiger partial charge in [-0.3, -0.25) is 0 Å². The summed E-state index contributed by atoms with van der Waals surface area (Å²) < 4.78 is 4.70. The Bertz CT molecular complexity index is 7530. The Morgan fingerprint density at radius 3 is 0.961 bits per heavy atom. The standard InChI is InChI=1S/2C59H40N4.2Pt/c1-41-40-61-57(39-55(41)45-16-6-3-7-17-45)48-19-13-21-52(37-48)62(49-30-32-50(33-31-49)63-58-24-10-8-22-53(58)54-23-9-11-25-59(54)63)51-20-12-18-47(36-51)56-38-46(34-35-60-56)44-28-26-43(27-29-44)42-14-4-2-5-15-42;1-41-40-61-57(39-55(41)45-28-26-44(27-29-45)42-15-4-2-5-16-42)46-19-14-20-51(36-46)62(52-37-47(43-17-6-3-7-18-43)35-48(38-52)56-23-12-13-34-60-56)49-30-32-50(33-31-49)63-58-24-10-8-21-53(58)54-22-9-11-25-59(54)63;;/h2-35,38-40H,1H3;2-35,37,39-40H,1H3;;/q2*-2;2*+2. The molecule has 0 spiro atoms. The fourth-order valence-corrected chi connectivity index (χ4v) is 17.4. The normalized spacial score (nSPS) is 11.1. The number of aromatic nitrogens is 6. The van der Waals surface area contributed by atoms with Gasteiger partial charge in [-0.2, -0.15) is 0 Å². The van der Waals surface area contributed by atoms with Crippen molar-refractivity contribution >= 4 is 77.7 Å². The molecule has 0 atom stereocenters. The Morgan fingerprint density at radius 1 is 0.219 bits per heavy atom. The minimum absolute atomic E-state index is 0. The van der Waals surface area contributed by atoms with Crippen molar-refractivity contribution in [3.8, 4) is 123 Å². The van der Waals surface area contributed by atoms with Crippen LogP contribution in [-0.2, 0) is 42.1 Å². The number of hydrogen-bond acceptors (Lipinski definition) is 6. The van der Waals surface area contributed by atoms with Gasteiger partial charge in [-0.25, -0.2) is 0 Å². The van der Waals surface area contributed by atoms with E-state index in [4.69, 9.17) is 19.9 Å². The third-order valence-electron chi connectivity index (χ3n) is 23.6. The molecule has 0 unspecified atom stereocenters. The molecule has 0 saturated carbocycles. The molecule has 0 saturated heterocycles. The van der Waals surface area contributed by atoms with E-state index >= 15 is 0 Å². The molecule has 8 nitrogen and oxygen atoms in total. The molecule has 22 rings (SSSR count). The SMILES string of the molecule is Cc1cnc(-c2[c-]c(N(c3[c-]c(-c4cc(-c5ccc(-c6ccccc6)cc5)ccn4)ccc3)c3ccc(-n4c5ccccc5c5ccccc54)cc3)ccc2)cc1-c1ccccc1.Cc1cnc(-c2[c-]c(N(c3[c-]c(-c4ccccn4)cc(-c4ccccc4)c3)c3ccc(-n4c5ccccc5c5ccccc54)cc3)ccc2)cc1-c1ccc(-c2ccccc2)cc1.[Pt+2].[Pt+2]. The summed E-state index contributed by atoms with van der Waals surface area (Å²) in [6.07, 6.45) is 7.65. The predicted molar refractivity (Wildman–Crippen MR) is 521 cm³/mol. The molecule has 0 aliphatic rings. The van der Waals surface area contributed by atoms with Gasteiger partial charge in [-0.05, 0) is 217 Å². The fourth-order valence-electron chi connectivity index (χ4n) is 17.4. The van der Waals surface area contributed by atoms with Crippen molar-refractivity contribution < 1.29 is 42.1 Å². The van der Waals surface area contributed by atoms with Crippen LogP contribution in [0.2, 0.25) is 0 Å². The molecular formula is C118H80N8Pt2. The Labute approximate surface area is 774 Å². The molecule has 128 heavy (non-hydrogen) atoms. The summed E-state index contributed by atoms with van der Waals surface area (Å²) in [5.41, 5.74) is 35.3. The van der Waals surface area contributed by atoms with Crippen LogP contribution >= 0.6 is 0 Å². The molecule has 22 aromatic rings. The summed E-state index contributed by atoms with van der Waals surface area (Å²) in [4.78, 5) is 24.0. The van der Waals surface area contributed by atoms with E-state index in [0.29, 0.717) is 0 Å². The summed E-state index contributed by atoms with van der Waals surface area (Å²) in [5.74, 6) is 0. The maximum atomic E-state index is 4.97. The average molecular weight is 2000 g/mol. The van der Waals surface area contributed by atoms with Crippen molar-refractivity contribution in [3.63, 3.8) is 0 Å². The Morgan fingerprint density at radius 2 is 0.547 bits per heavy atom. The zero-order valence-electron chi connectivity index (χ0n) is 69.9. The van der Waals surface area contributed by atoms with Crippen LogP contribution in [0.3, 0.4) is 0 Å². The molecule has 0 aliphatic heterocycles. The van der Waals surface area contributed by atoms with Crippen molar-refractivity contribution in [2.45, 2.75) is 13.8 Å². The topological polar surface area (TPSA) is 67.9 Å². The van der Waals surface area contributed by atoms with Crippen molar-refractivity contribution in [3.05, 3.63) is 485 Å². The van der Waals surface area contributed by atoms with Gasteiger partial charge in [0.25, 0.3) is 0 Å². The zero-order chi connectivity index (χ0) is 84.2. The molecule has 0 radical (unpaired) electrons. The number of aryl methyl sites for hydroxylation is 2. The molecule has 16 aromatic carbocycles. The molecule has 10 heteroatoms. The summed E-state index contributed by atoms with van der Waals surface area (Å²) in [6.45, 7) is 4.23. The Balaban J connectivity index is 0.000000164. The molecule has 0 aliphatic carbocycles. The van der Waals surface area contributed by atoms with Gasteiger partial charge in [0, 0.05) is 69.1 Å². The average Bonchev–Trinajstić information content (AvgIpc) is 1.59. The van der Waals surface area contributed by atoms with Gasteiger partial charge in [0.15, 0.2) is 0 Å². The third kappa shape index (κ3) is 16.7. The second-order valence-corrected chi connectivity index (χ2v) is 31.5. The summed E-state index contributed by atoms with van der Waals surface area (Å²) in [5, 5.41) is 4.94. The predicted octanol–water partition coefficient (Wildman–Crippen LogP) is 30.6.